The summed E-state index contributed by atoms with van der Waals surface area (Å²) in [6.07, 6.45) is 1.69. The molecule has 1 saturated heterocycles. The molecule has 2 aromatic carbocycles. The number of aromatic carboxylic acids is 1. The van der Waals surface area contributed by atoms with Crippen LogP contribution in [0.3, 0.4) is 0 Å². The monoisotopic (exact) mass is 422 g/mol. The predicted molar refractivity (Wildman–Crippen MR) is 102 cm³/mol. The lowest BCUT2D eigenvalue weighted by Crippen LogP contribution is -2.32. The molecule has 3 rings (SSSR count). The number of rotatable bonds is 7. The van der Waals surface area contributed by atoms with Gasteiger partial charge in [-0.1, -0.05) is 12.1 Å². The van der Waals surface area contributed by atoms with Crippen molar-refractivity contribution in [1.29, 1.82) is 0 Å². The summed E-state index contributed by atoms with van der Waals surface area (Å²) >= 11 is 0. The molecule has 2 aromatic rings. The fourth-order valence-electron chi connectivity index (χ4n) is 2.92. The summed E-state index contributed by atoms with van der Waals surface area (Å²) in [6.45, 7) is 0.951. The number of hydrogen-bond donors (Lipinski definition) is 3. The molecule has 0 aromatic heterocycles. The molecule has 1 aliphatic heterocycles. The minimum absolute atomic E-state index is 0.0125. The SMILES string of the molecule is O=C(O)c1cc(S(=O)(=O)Nc2ccccc2C(=O)NC[C@@H]2CCCO2)ccc1F. The Morgan fingerprint density at radius 1 is 1.17 bits per heavy atom. The molecule has 1 heterocycles. The lowest BCUT2D eigenvalue weighted by molar-refractivity contribution is 0.0691. The number of hydrogen-bond acceptors (Lipinski definition) is 5. The Bertz CT molecular complexity index is 1030. The minimum atomic E-state index is -4.26. The average Bonchev–Trinajstić information content (AvgIpc) is 3.20. The first-order chi connectivity index (χ1) is 13.8. The van der Waals surface area contributed by atoms with Gasteiger partial charge in [0.05, 0.1) is 27.8 Å². The Morgan fingerprint density at radius 2 is 1.93 bits per heavy atom. The maximum Gasteiger partial charge on any atom is 0.338 e. The van der Waals surface area contributed by atoms with Crippen molar-refractivity contribution in [2.24, 2.45) is 0 Å². The second kappa shape index (κ2) is 8.58. The lowest BCUT2D eigenvalue weighted by atomic mass is 10.1. The van der Waals surface area contributed by atoms with Gasteiger partial charge in [-0.05, 0) is 43.2 Å². The van der Waals surface area contributed by atoms with Crippen LogP contribution in [0.5, 0.6) is 0 Å². The Kier molecular flexibility index (Phi) is 6.14. The zero-order valence-electron chi connectivity index (χ0n) is 15.2. The quantitative estimate of drug-likeness (QED) is 0.629. The van der Waals surface area contributed by atoms with E-state index in [2.05, 4.69) is 10.0 Å². The van der Waals surface area contributed by atoms with Gasteiger partial charge in [-0.2, -0.15) is 0 Å². The summed E-state index contributed by atoms with van der Waals surface area (Å²) in [5.41, 5.74) is -0.663. The maximum atomic E-state index is 13.6. The largest absolute Gasteiger partial charge is 0.478 e. The third-order valence-corrected chi connectivity index (χ3v) is 5.77. The number of halogens is 1. The van der Waals surface area contributed by atoms with Gasteiger partial charge in [0.25, 0.3) is 15.9 Å². The molecule has 1 atom stereocenters. The number of carbonyl (C=O) groups excluding carboxylic acids is 1. The van der Waals surface area contributed by atoms with E-state index in [4.69, 9.17) is 9.84 Å². The van der Waals surface area contributed by atoms with E-state index < -0.39 is 38.2 Å². The lowest BCUT2D eigenvalue weighted by Gasteiger charge is -2.14. The van der Waals surface area contributed by atoms with E-state index in [0.29, 0.717) is 13.2 Å². The molecule has 10 heteroatoms. The Morgan fingerprint density at radius 3 is 2.62 bits per heavy atom. The number of sulfonamides is 1. The van der Waals surface area contributed by atoms with E-state index in [9.17, 15) is 22.4 Å². The van der Waals surface area contributed by atoms with Gasteiger partial charge in [-0.25, -0.2) is 17.6 Å². The van der Waals surface area contributed by atoms with Crippen LogP contribution in [-0.2, 0) is 14.8 Å². The maximum absolute atomic E-state index is 13.6. The zero-order chi connectivity index (χ0) is 21.0. The topological polar surface area (TPSA) is 122 Å². The van der Waals surface area contributed by atoms with Gasteiger partial charge in [0.15, 0.2) is 0 Å². The molecule has 154 valence electrons. The molecule has 0 aliphatic carbocycles. The van der Waals surface area contributed by atoms with Crippen molar-refractivity contribution in [3.05, 3.63) is 59.4 Å². The van der Waals surface area contributed by atoms with Gasteiger partial charge in [0.1, 0.15) is 5.82 Å². The second-order valence-corrected chi connectivity index (χ2v) is 8.13. The van der Waals surface area contributed by atoms with Crippen LogP contribution in [0.4, 0.5) is 10.1 Å². The number of para-hydroxylation sites is 1. The number of amides is 1. The number of ether oxygens (including phenoxy) is 1. The molecular weight excluding hydrogens is 403 g/mol. The van der Waals surface area contributed by atoms with Crippen LogP contribution in [0.25, 0.3) is 0 Å². The first kappa shape index (κ1) is 20.7. The van der Waals surface area contributed by atoms with Gasteiger partial charge in [0.2, 0.25) is 0 Å². The molecule has 3 N–H and O–H groups in total. The number of carbonyl (C=O) groups is 2. The fourth-order valence-corrected chi connectivity index (χ4v) is 4.02. The van der Waals surface area contributed by atoms with Gasteiger partial charge < -0.3 is 15.2 Å². The zero-order valence-corrected chi connectivity index (χ0v) is 16.0. The third kappa shape index (κ3) is 4.90. The number of benzene rings is 2. The smallest absolute Gasteiger partial charge is 0.338 e. The van der Waals surface area contributed by atoms with Gasteiger partial charge in [0, 0.05) is 13.2 Å². The van der Waals surface area contributed by atoms with Crippen LogP contribution in [0.2, 0.25) is 0 Å². The van der Waals surface area contributed by atoms with Crippen molar-refractivity contribution in [1.82, 2.24) is 5.32 Å². The number of nitrogens with one attached hydrogen (secondary N) is 2. The van der Waals surface area contributed by atoms with Crippen molar-refractivity contribution in [2.75, 3.05) is 17.9 Å². The van der Waals surface area contributed by atoms with E-state index in [1.807, 2.05) is 0 Å². The number of carboxylic acid groups (broad SMARTS) is 1. The highest BCUT2D eigenvalue weighted by atomic mass is 32.2. The number of carboxylic acids is 1. The molecule has 1 fully saturated rings. The summed E-state index contributed by atoms with van der Waals surface area (Å²) in [5, 5.41) is 11.7. The van der Waals surface area contributed by atoms with E-state index >= 15 is 0 Å². The van der Waals surface area contributed by atoms with E-state index in [1.165, 1.54) is 12.1 Å². The molecule has 8 nitrogen and oxygen atoms in total. The average molecular weight is 422 g/mol. The molecule has 0 spiro atoms. The van der Waals surface area contributed by atoms with E-state index in [1.54, 1.807) is 12.1 Å². The third-order valence-electron chi connectivity index (χ3n) is 4.41. The van der Waals surface area contributed by atoms with Gasteiger partial charge >= 0.3 is 5.97 Å². The summed E-state index contributed by atoms with van der Waals surface area (Å²) in [6, 6.07) is 8.42. The molecule has 1 amide bonds. The molecule has 0 unspecified atom stereocenters. The van der Waals surface area contributed by atoms with Crippen molar-refractivity contribution >= 4 is 27.6 Å². The van der Waals surface area contributed by atoms with Crippen molar-refractivity contribution in [3.8, 4) is 0 Å². The summed E-state index contributed by atoms with van der Waals surface area (Å²) in [4.78, 5) is 23.1. The molecule has 0 bridgehead atoms. The minimum Gasteiger partial charge on any atom is -0.478 e. The highest BCUT2D eigenvalue weighted by molar-refractivity contribution is 7.92. The Labute approximate surface area is 166 Å². The van der Waals surface area contributed by atoms with Crippen LogP contribution in [-0.4, -0.2) is 44.7 Å². The Hall–Kier alpha value is -2.98. The van der Waals surface area contributed by atoms with Crippen LogP contribution in [0.1, 0.15) is 33.6 Å². The van der Waals surface area contributed by atoms with Crippen molar-refractivity contribution in [3.63, 3.8) is 0 Å². The van der Waals surface area contributed by atoms with Crippen LogP contribution < -0.4 is 10.0 Å². The number of anilines is 1. The van der Waals surface area contributed by atoms with Crippen LogP contribution in [0, 0.1) is 5.82 Å². The van der Waals surface area contributed by atoms with Crippen molar-refractivity contribution in [2.45, 2.75) is 23.8 Å². The molecule has 29 heavy (non-hydrogen) atoms. The molecular formula is C19H19FN2O6S. The normalized spacial score (nSPS) is 16.4. The van der Waals surface area contributed by atoms with Gasteiger partial charge in [-0.15, -0.1) is 0 Å². The molecule has 1 aliphatic rings. The summed E-state index contributed by atoms with van der Waals surface area (Å²) in [7, 11) is -4.26. The Balaban J connectivity index is 1.81. The van der Waals surface area contributed by atoms with Gasteiger partial charge in [-0.3, -0.25) is 9.52 Å². The fraction of sp³-hybridized carbons (Fsp3) is 0.263. The second-order valence-electron chi connectivity index (χ2n) is 6.44. The molecule has 0 radical (unpaired) electrons. The predicted octanol–water partition coefficient (Wildman–Crippen LogP) is 2.23. The highest BCUT2D eigenvalue weighted by Gasteiger charge is 2.22. The van der Waals surface area contributed by atoms with E-state index in [-0.39, 0.29) is 17.4 Å². The first-order valence-electron chi connectivity index (χ1n) is 8.82. The standard InChI is InChI=1S/C19H19FN2O6S/c20-16-8-7-13(10-15(16)19(24)25)29(26,27)22-17-6-2-1-5-14(17)18(23)21-11-12-4-3-9-28-12/h1-2,5-8,10,12,22H,3-4,9,11H2,(H,21,23)(H,24,25)/t12-/m0/s1. The first-order valence-corrected chi connectivity index (χ1v) is 10.3. The van der Waals surface area contributed by atoms with Crippen molar-refractivity contribution < 1.29 is 32.2 Å². The van der Waals surface area contributed by atoms with Crippen LogP contribution in [0.15, 0.2) is 47.4 Å². The summed E-state index contributed by atoms with van der Waals surface area (Å²) < 4.78 is 46.6. The van der Waals surface area contributed by atoms with Crippen LogP contribution >= 0.6 is 0 Å². The summed E-state index contributed by atoms with van der Waals surface area (Å²) in [5.74, 6) is -3.12. The van der Waals surface area contributed by atoms with E-state index in [0.717, 1.165) is 31.0 Å². The molecule has 0 saturated carbocycles. The highest BCUT2D eigenvalue weighted by Crippen LogP contribution is 2.22.